The van der Waals surface area contributed by atoms with Gasteiger partial charge in [-0.2, -0.15) is 0 Å². The van der Waals surface area contributed by atoms with Crippen molar-refractivity contribution in [2.24, 2.45) is 28.6 Å². The second-order valence-electron chi connectivity index (χ2n) is 15.6. The monoisotopic (exact) mass is 854 g/mol. The molecule has 365 valence electrons. The van der Waals surface area contributed by atoms with Crippen molar-refractivity contribution in [1.82, 2.24) is 0 Å². The molecule has 0 heterocycles. The van der Waals surface area contributed by atoms with E-state index < -0.39 is 0 Å². The van der Waals surface area contributed by atoms with Crippen LogP contribution in [0, 0.1) is 42.4 Å². The van der Waals surface area contributed by atoms with E-state index >= 15 is 0 Å². The Morgan fingerprint density at radius 1 is 0.492 bits per heavy atom. The minimum Gasteiger partial charge on any atom is -0.0776 e. The highest BCUT2D eigenvalue weighted by Gasteiger charge is 2.39. The number of benzene rings is 3. The van der Waals surface area contributed by atoms with Gasteiger partial charge in [0.2, 0.25) is 0 Å². The maximum absolute atomic E-state index is 2.48. The quantitative estimate of drug-likeness (QED) is 0.229. The standard InChI is InChI=1S/C15H16.C13H26.C8H16.C6H6.C3H8.6C2H6.3CH4.B.H2/c1-12-3-7-14(8-4-12)11-15-9-5-13(2)6-10-15;1-6-11-8-12(3,4)10-13(5,7-2)9-11;1-7-3-5-8(2)6-4-7;1-2-4-6-5-3-1;1-3-2;6*1-2;;;;;/h3-10H,11H2,1-2H3;11H,6-10H2,1-5H3;7-8H,3-6H2,1-2H3;1-6H;3H2,1-2H3;6*1-2H3;3*1H4;;1H. The molecule has 3 aromatic carbocycles. The summed E-state index contributed by atoms with van der Waals surface area (Å²) in [6.45, 7) is 49.3. The second kappa shape index (κ2) is 59.8. The molecule has 0 nitrogen and oxygen atoms in total. The second-order valence-corrected chi connectivity index (χ2v) is 15.6. The summed E-state index contributed by atoms with van der Waals surface area (Å²) in [5.74, 6) is 3.02. The van der Waals surface area contributed by atoms with Crippen LogP contribution in [0.2, 0.25) is 0 Å². The molecule has 0 aromatic heterocycles. The predicted octanol–water partition coefficient (Wildman–Crippen LogP) is 22.4. The molecule has 2 atom stereocenters. The Hall–Kier alpha value is -2.28. The molecule has 61 heavy (non-hydrogen) atoms. The predicted molar refractivity (Wildman–Crippen MR) is 300 cm³/mol. The summed E-state index contributed by atoms with van der Waals surface area (Å²) >= 11 is 0. The fourth-order valence-electron chi connectivity index (χ4n) is 6.87. The van der Waals surface area contributed by atoms with Gasteiger partial charge in [0.1, 0.15) is 0 Å². The molecule has 2 fully saturated rings. The summed E-state index contributed by atoms with van der Waals surface area (Å²) in [5.41, 5.74) is 6.62. The van der Waals surface area contributed by atoms with Crippen LogP contribution in [-0.2, 0) is 6.42 Å². The number of aryl methyl sites for hydroxylation is 2. The van der Waals surface area contributed by atoms with Crippen molar-refractivity contribution in [3.8, 4) is 0 Å². The highest BCUT2D eigenvalue weighted by Crippen LogP contribution is 2.50. The molecule has 2 aliphatic carbocycles. The first-order chi connectivity index (χ1) is 27.3. The SMILES string of the molecule is C.C.C.CC.CC.CC.CC.CC.CC.CC1CCC(C)CC1.CCC.CCC1CC(C)(C)CC(C)(CC)C1.Cc1ccc(Cc2ccc(C)cc2)cc1.[B].[HH].c1ccccc1. The van der Waals surface area contributed by atoms with Crippen molar-refractivity contribution in [3.63, 3.8) is 0 Å². The maximum atomic E-state index is 2.48. The van der Waals surface area contributed by atoms with Crippen LogP contribution in [0.5, 0.6) is 0 Å². The molecule has 0 N–H and O–H groups in total. The van der Waals surface area contributed by atoms with Crippen LogP contribution in [0.25, 0.3) is 0 Å². The molecule has 3 aromatic rings. The van der Waals surface area contributed by atoms with E-state index in [9.17, 15) is 0 Å². The Kier molecular flexibility index (Phi) is 80.8. The zero-order chi connectivity index (χ0) is 45.7. The van der Waals surface area contributed by atoms with E-state index in [4.69, 9.17) is 0 Å². The summed E-state index contributed by atoms with van der Waals surface area (Å²) in [6.07, 6.45) is 15.2. The fourth-order valence-corrected chi connectivity index (χ4v) is 6.87. The molecule has 3 radical (unpaired) electrons. The topological polar surface area (TPSA) is 0 Å². The average molecular weight is 854 g/mol. The van der Waals surface area contributed by atoms with Crippen molar-refractivity contribution in [3.05, 3.63) is 107 Å². The summed E-state index contributed by atoms with van der Waals surface area (Å²) in [5, 5.41) is 0. The minimum absolute atomic E-state index is 0. The maximum Gasteiger partial charge on any atom is 0 e. The van der Waals surface area contributed by atoms with E-state index in [1.807, 2.05) is 119 Å². The Labute approximate surface area is 396 Å². The van der Waals surface area contributed by atoms with E-state index in [1.165, 1.54) is 86.5 Å². The highest BCUT2D eigenvalue weighted by molar-refractivity contribution is 5.75. The van der Waals surface area contributed by atoms with E-state index in [-0.39, 0.29) is 32.1 Å². The van der Waals surface area contributed by atoms with Crippen molar-refractivity contribution in [2.45, 2.75) is 252 Å². The van der Waals surface area contributed by atoms with Gasteiger partial charge in [-0.15, -0.1) is 0 Å². The Bertz CT molecular complexity index is 1020. The van der Waals surface area contributed by atoms with Gasteiger partial charge >= 0.3 is 0 Å². The van der Waals surface area contributed by atoms with Crippen molar-refractivity contribution in [1.29, 1.82) is 0 Å². The van der Waals surface area contributed by atoms with Crippen molar-refractivity contribution >= 4 is 8.41 Å². The third kappa shape index (κ3) is 52.0. The van der Waals surface area contributed by atoms with Gasteiger partial charge < -0.3 is 0 Å². The molecular weight excluding hydrogens is 731 g/mol. The highest BCUT2D eigenvalue weighted by atomic mass is 14.4. The van der Waals surface area contributed by atoms with Crippen LogP contribution in [0.3, 0.4) is 0 Å². The molecule has 0 bridgehead atoms. The summed E-state index contributed by atoms with van der Waals surface area (Å²) < 4.78 is 0. The summed E-state index contributed by atoms with van der Waals surface area (Å²) in [4.78, 5) is 0. The van der Waals surface area contributed by atoms with Gasteiger partial charge in [-0.3, -0.25) is 0 Å². The van der Waals surface area contributed by atoms with Crippen molar-refractivity contribution < 1.29 is 1.43 Å². The summed E-state index contributed by atoms with van der Waals surface area (Å²) in [6, 6.07) is 29.5. The molecule has 5 rings (SSSR count). The molecule has 0 aliphatic heterocycles. The number of hydrogen-bond acceptors (Lipinski definition) is 0. The van der Waals surface area contributed by atoms with Crippen LogP contribution >= 0.6 is 0 Å². The third-order valence-electron chi connectivity index (χ3n) is 9.58. The van der Waals surface area contributed by atoms with E-state index in [1.54, 1.807) is 0 Å². The third-order valence-corrected chi connectivity index (χ3v) is 9.58. The largest absolute Gasteiger partial charge is 0.0776 e. The minimum atomic E-state index is 0. The molecule has 0 spiro atoms. The van der Waals surface area contributed by atoms with Gasteiger partial charge in [0.05, 0.1) is 0 Å². The first kappa shape index (κ1) is 82.4. The zero-order valence-electron chi connectivity index (χ0n) is 44.2. The van der Waals surface area contributed by atoms with Gasteiger partial charge in [-0.1, -0.05) is 309 Å². The lowest BCUT2D eigenvalue weighted by Crippen LogP contribution is -2.35. The van der Waals surface area contributed by atoms with Crippen LogP contribution in [-0.4, -0.2) is 8.41 Å². The number of rotatable bonds is 4. The Morgan fingerprint density at radius 2 is 0.754 bits per heavy atom. The van der Waals surface area contributed by atoms with Crippen LogP contribution in [0.15, 0.2) is 84.9 Å². The van der Waals surface area contributed by atoms with E-state index in [0.717, 1.165) is 24.2 Å². The molecule has 1 heteroatoms. The first-order valence-corrected chi connectivity index (χ1v) is 24.5. The van der Waals surface area contributed by atoms with Crippen molar-refractivity contribution in [2.75, 3.05) is 0 Å². The lowest BCUT2D eigenvalue weighted by Gasteiger charge is -2.46. The smallest absolute Gasteiger partial charge is 0 e. The van der Waals surface area contributed by atoms with E-state index in [0.29, 0.717) is 10.8 Å². The molecule has 0 amide bonds. The van der Waals surface area contributed by atoms with Gasteiger partial charge in [0.25, 0.3) is 0 Å². The molecular formula is C60H122B. The Morgan fingerprint density at radius 3 is 0.984 bits per heavy atom. The van der Waals surface area contributed by atoms with Gasteiger partial charge in [0, 0.05) is 9.84 Å². The first-order valence-electron chi connectivity index (χ1n) is 24.5. The Balaban J connectivity index is -0.0000000564. The molecule has 0 saturated heterocycles. The average Bonchev–Trinajstić information content (AvgIpc) is 3.26. The molecule has 2 aliphatic rings. The zero-order valence-corrected chi connectivity index (χ0v) is 44.2. The molecule has 2 saturated carbocycles. The fraction of sp³-hybridized carbons (Fsp3) is 0.700. The van der Waals surface area contributed by atoms with Gasteiger partial charge in [-0.25, -0.2) is 0 Å². The lowest BCUT2D eigenvalue weighted by atomic mass is 9.59. The van der Waals surface area contributed by atoms with Gasteiger partial charge in [-0.05, 0) is 79.2 Å². The van der Waals surface area contributed by atoms with Gasteiger partial charge in [0.15, 0.2) is 0 Å². The summed E-state index contributed by atoms with van der Waals surface area (Å²) in [7, 11) is 0. The van der Waals surface area contributed by atoms with Crippen LogP contribution < -0.4 is 0 Å². The normalized spacial score (nSPS) is 17.7. The van der Waals surface area contributed by atoms with E-state index in [2.05, 4.69) is 125 Å². The van der Waals surface area contributed by atoms with Crippen LogP contribution in [0.4, 0.5) is 0 Å². The van der Waals surface area contributed by atoms with Crippen LogP contribution in [0.1, 0.15) is 256 Å². The lowest BCUT2D eigenvalue weighted by molar-refractivity contribution is 0.0496. The molecule has 2 unspecified atom stereocenters. The number of hydrogen-bond donors (Lipinski definition) is 0.